The highest BCUT2D eigenvalue weighted by Gasteiger charge is 2.04. The number of nitrogens with zero attached hydrogens (tertiary/aromatic N) is 4. The monoisotopic (exact) mass is 526 g/mol. The highest BCUT2D eigenvalue weighted by atomic mass is 127. The number of benzene rings is 1. The van der Waals surface area contributed by atoms with Crippen LogP contribution in [0.4, 0.5) is 0 Å². The molecule has 1 aromatic carbocycles. The van der Waals surface area contributed by atoms with Crippen LogP contribution in [0.1, 0.15) is 18.3 Å². The lowest BCUT2D eigenvalue weighted by atomic mass is 10.2. The van der Waals surface area contributed by atoms with Crippen molar-refractivity contribution >= 4 is 57.5 Å². The average Bonchev–Trinajstić information content (AvgIpc) is 2.99. The van der Waals surface area contributed by atoms with Gasteiger partial charge in [-0.25, -0.2) is 0 Å². The molecule has 0 aliphatic heterocycles. The minimum atomic E-state index is 0. The van der Waals surface area contributed by atoms with Gasteiger partial charge in [-0.15, -0.1) is 34.2 Å². The second kappa shape index (κ2) is 10.9. The fourth-order valence-corrected chi connectivity index (χ4v) is 2.84. The smallest absolute Gasteiger partial charge is 0.191 e. The lowest BCUT2D eigenvalue weighted by Gasteiger charge is -2.13. The zero-order chi connectivity index (χ0) is 16.7. The van der Waals surface area contributed by atoms with Gasteiger partial charge in [0.25, 0.3) is 0 Å². The van der Waals surface area contributed by atoms with Gasteiger partial charge in [0, 0.05) is 42.6 Å². The van der Waals surface area contributed by atoms with E-state index in [2.05, 4.69) is 48.7 Å². The van der Waals surface area contributed by atoms with Crippen molar-refractivity contribution in [3.05, 3.63) is 45.4 Å². The lowest BCUT2D eigenvalue weighted by molar-refractivity contribution is 0.632. The molecule has 2 aromatic rings. The molecular weight excluding hydrogens is 506 g/mol. The fourth-order valence-electron chi connectivity index (χ4n) is 2.10. The lowest BCUT2D eigenvalue weighted by Crippen LogP contribution is -2.38. The minimum Gasteiger partial charge on any atom is -0.355 e. The number of aryl methyl sites for hydroxylation is 1. The number of guanidine groups is 1. The Morgan fingerprint density at radius 1 is 1.38 bits per heavy atom. The number of aromatic nitrogens is 3. The van der Waals surface area contributed by atoms with Gasteiger partial charge < -0.3 is 15.2 Å². The van der Waals surface area contributed by atoms with Crippen LogP contribution in [0, 0.1) is 0 Å². The molecule has 0 radical (unpaired) electrons. The SMILES string of the molecule is CCc1nncn1CCNC(=NC)NCc1ccc(Br)cc1Cl.I. The van der Waals surface area contributed by atoms with E-state index in [9.17, 15) is 0 Å². The van der Waals surface area contributed by atoms with E-state index < -0.39 is 0 Å². The summed E-state index contributed by atoms with van der Waals surface area (Å²) in [4.78, 5) is 4.21. The van der Waals surface area contributed by atoms with Crippen LogP contribution in [0.25, 0.3) is 0 Å². The van der Waals surface area contributed by atoms with Gasteiger partial charge in [0.05, 0.1) is 0 Å². The summed E-state index contributed by atoms with van der Waals surface area (Å²) in [6, 6.07) is 5.84. The maximum atomic E-state index is 6.21. The molecule has 0 fully saturated rings. The summed E-state index contributed by atoms with van der Waals surface area (Å²) in [5.74, 6) is 1.71. The van der Waals surface area contributed by atoms with E-state index in [0.717, 1.165) is 46.4 Å². The van der Waals surface area contributed by atoms with Gasteiger partial charge in [-0.3, -0.25) is 4.99 Å². The van der Waals surface area contributed by atoms with Crippen LogP contribution in [-0.4, -0.2) is 34.3 Å². The van der Waals surface area contributed by atoms with Gasteiger partial charge in [-0.1, -0.05) is 40.5 Å². The molecule has 0 amide bonds. The predicted molar refractivity (Wildman–Crippen MR) is 112 cm³/mol. The summed E-state index contributed by atoms with van der Waals surface area (Å²) in [5, 5.41) is 15.2. The van der Waals surface area contributed by atoms with Crippen molar-refractivity contribution in [2.75, 3.05) is 13.6 Å². The van der Waals surface area contributed by atoms with Crippen molar-refractivity contribution in [1.29, 1.82) is 0 Å². The molecule has 1 heterocycles. The number of hydrogen-bond acceptors (Lipinski definition) is 3. The second-order valence-corrected chi connectivity index (χ2v) is 6.21. The summed E-state index contributed by atoms with van der Waals surface area (Å²) >= 11 is 9.62. The van der Waals surface area contributed by atoms with Gasteiger partial charge in [-0.05, 0) is 17.7 Å². The third kappa shape index (κ3) is 6.21. The average molecular weight is 528 g/mol. The highest BCUT2D eigenvalue weighted by molar-refractivity contribution is 14.0. The molecule has 0 bridgehead atoms. The normalized spacial score (nSPS) is 11.1. The summed E-state index contributed by atoms with van der Waals surface area (Å²) in [7, 11) is 1.74. The molecule has 132 valence electrons. The van der Waals surface area contributed by atoms with Gasteiger partial charge in [0.15, 0.2) is 5.96 Å². The quantitative estimate of drug-likeness (QED) is 0.344. The third-order valence-electron chi connectivity index (χ3n) is 3.34. The molecule has 0 saturated heterocycles. The Labute approximate surface area is 172 Å². The summed E-state index contributed by atoms with van der Waals surface area (Å²) in [5.41, 5.74) is 1.02. The highest BCUT2D eigenvalue weighted by Crippen LogP contribution is 2.21. The maximum Gasteiger partial charge on any atom is 0.191 e. The van der Waals surface area contributed by atoms with Crippen LogP contribution in [0.5, 0.6) is 0 Å². The van der Waals surface area contributed by atoms with Crippen molar-refractivity contribution < 1.29 is 0 Å². The van der Waals surface area contributed by atoms with Crippen LogP contribution < -0.4 is 10.6 Å². The molecule has 0 unspecified atom stereocenters. The van der Waals surface area contributed by atoms with E-state index in [1.807, 2.05) is 22.8 Å². The second-order valence-electron chi connectivity index (χ2n) is 4.88. The van der Waals surface area contributed by atoms with E-state index in [-0.39, 0.29) is 24.0 Å². The summed E-state index contributed by atoms with van der Waals surface area (Å²) < 4.78 is 3.00. The Kier molecular flexibility index (Phi) is 9.60. The Morgan fingerprint density at radius 3 is 2.83 bits per heavy atom. The molecule has 0 saturated carbocycles. The van der Waals surface area contributed by atoms with Gasteiger partial charge >= 0.3 is 0 Å². The number of halogens is 3. The Hall–Kier alpha value is -0.870. The number of aliphatic imine (C=N–C) groups is 1. The van der Waals surface area contributed by atoms with Crippen LogP contribution in [0.3, 0.4) is 0 Å². The summed E-state index contributed by atoms with van der Waals surface area (Å²) in [6.45, 7) is 4.20. The van der Waals surface area contributed by atoms with Crippen LogP contribution in [-0.2, 0) is 19.5 Å². The first-order valence-electron chi connectivity index (χ1n) is 7.39. The number of nitrogens with one attached hydrogen (secondary N) is 2. The van der Waals surface area contributed by atoms with Crippen LogP contribution >= 0.6 is 51.5 Å². The molecule has 6 nitrogen and oxygen atoms in total. The minimum absolute atomic E-state index is 0. The molecule has 9 heteroatoms. The van der Waals surface area contributed by atoms with E-state index in [4.69, 9.17) is 11.6 Å². The van der Waals surface area contributed by atoms with Crippen molar-refractivity contribution in [3.63, 3.8) is 0 Å². The van der Waals surface area contributed by atoms with Crippen molar-refractivity contribution in [3.8, 4) is 0 Å². The van der Waals surface area contributed by atoms with Crippen LogP contribution in [0.2, 0.25) is 5.02 Å². The largest absolute Gasteiger partial charge is 0.355 e. The van der Waals surface area contributed by atoms with Crippen LogP contribution in [0.15, 0.2) is 34.0 Å². The van der Waals surface area contributed by atoms with Gasteiger partial charge in [0.1, 0.15) is 12.2 Å². The molecule has 0 aliphatic rings. The first-order valence-corrected chi connectivity index (χ1v) is 8.56. The van der Waals surface area contributed by atoms with E-state index in [1.54, 1.807) is 13.4 Å². The molecule has 1 aromatic heterocycles. The standard InChI is InChI=1S/C15H20BrClN6.HI/c1-3-14-22-21-10-23(14)7-6-19-15(18-2)20-9-11-4-5-12(16)8-13(11)17;/h4-5,8,10H,3,6-7,9H2,1-2H3,(H2,18,19,20);1H. The van der Waals surface area contributed by atoms with Crippen molar-refractivity contribution in [2.45, 2.75) is 26.4 Å². The number of hydrogen-bond donors (Lipinski definition) is 2. The van der Waals surface area contributed by atoms with E-state index >= 15 is 0 Å². The predicted octanol–water partition coefficient (Wildman–Crippen LogP) is 3.24. The zero-order valence-corrected chi connectivity index (χ0v) is 18.3. The third-order valence-corrected chi connectivity index (χ3v) is 4.19. The fraction of sp³-hybridized carbons (Fsp3) is 0.400. The van der Waals surface area contributed by atoms with Crippen molar-refractivity contribution in [2.24, 2.45) is 4.99 Å². The molecular formula is C15H21BrClIN6. The maximum absolute atomic E-state index is 6.21. The molecule has 24 heavy (non-hydrogen) atoms. The Balaban J connectivity index is 0.00000288. The van der Waals surface area contributed by atoms with Gasteiger partial charge in [0.2, 0.25) is 0 Å². The topological polar surface area (TPSA) is 67.1 Å². The zero-order valence-electron chi connectivity index (χ0n) is 13.6. The molecule has 0 spiro atoms. The van der Waals surface area contributed by atoms with E-state index in [1.165, 1.54) is 0 Å². The number of rotatable bonds is 6. The molecule has 0 aliphatic carbocycles. The Morgan fingerprint density at radius 2 is 2.17 bits per heavy atom. The van der Waals surface area contributed by atoms with E-state index in [0.29, 0.717) is 6.54 Å². The molecule has 2 N–H and O–H groups in total. The first kappa shape index (κ1) is 21.2. The molecule has 0 atom stereocenters. The first-order chi connectivity index (χ1) is 11.1. The molecule has 2 rings (SSSR count). The summed E-state index contributed by atoms with van der Waals surface area (Å²) in [6.07, 6.45) is 2.62. The van der Waals surface area contributed by atoms with Crippen molar-refractivity contribution in [1.82, 2.24) is 25.4 Å². The van der Waals surface area contributed by atoms with Gasteiger partial charge in [-0.2, -0.15) is 0 Å². The Bertz CT molecular complexity index is 676.